The van der Waals surface area contributed by atoms with Gasteiger partial charge in [0.05, 0.1) is 5.69 Å². The summed E-state index contributed by atoms with van der Waals surface area (Å²) in [5.74, 6) is 0. The highest BCUT2D eigenvalue weighted by Gasteiger charge is 2.37. The zero-order valence-electron chi connectivity index (χ0n) is 11.4. The minimum atomic E-state index is 0.509. The monoisotopic (exact) mass is 235 g/mol. The van der Waals surface area contributed by atoms with E-state index in [1.54, 1.807) is 0 Å². The maximum Gasteiger partial charge on any atom is 0.0596 e. The van der Waals surface area contributed by atoms with E-state index in [-0.39, 0.29) is 0 Å². The van der Waals surface area contributed by atoms with E-state index in [1.807, 2.05) is 0 Å². The molecule has 1 N–H and O–H groups in total. The Hall–Kier alpha value is -0.830. The fraction of sp³-hybridized carbons (Fsp3) is 0.786. The molecule has 2 rings (SSSR count). The topological polar surface area (TPSA) is 29.9 Å². The summed E-state index contributed by atoms with van der Waals surface area (Å²) in [6.07, 6.45) is 6.54. The Bertz CT molecular complexity index is 364. The van der Waals surface area contributed by atoms with Crippen LogP contribution in [0.5, 0.6) is 0 Å². The van der Waals surface area contributed by atoms with E-state index >= 15 is 0 Å². The molecule has 3 nitrogen and oxygen atoms in total. The van der Waals surface area contributed by atoms with Crippen molar-refractivity contribution in [3.63, 3.8) is 0 Å². The third kappa shape index (κ3) is 2.89. The van der Waals surface area contributed by atoms with Crippen molar-refractivity contribution in [3.05, 3.63) is 17.5 Å². The fourth-order valence-electron chi connectivity index (χ4n) is 2.84. The second-order valence-corrected chi connectivity index (χ2v) is 5.61. The van der Waals surface area contributed by atoms with Crippen molar-refractivity contribution in [2.75, 3.05) is 13.1 Å². The van der Waals surface area contributed by atoms with Crippen LogP contribution in [0.4, 0.5) is 0 Å². The molecule has 1 heterocycles. The van der Waals surface area contributed by atoms with Gasteiger partial charge in [-0.25, -0.2) is 0 Å². The molecule has 0 aromatic carbocycles. The first kappa shape index (κ1) is 12.6. The molecule has 1 aromatic heterocycles. The number of nitrogens with zero attached hydrogens (tertiary/aromatic N) is 2. The number of nitrogens with one attached hydrogen (secondary N) is 1. The van der Waals surface area contributed by atoms with Crippen molar-refractivity contribution in [1.29, 1.82) is 0 Å². The molecule has 1 aromatic rings. The molecule has 0 atom stereocenters. The molecule has 1 fully saturated rings. The van der Waals surface area contributed by atoms with Gasteiger partial charge in [0, 0.05) is 19.3 Å². The zero-order valence-corrected chi connectivity index (χ0v) is 11.4. The Morgan fingerprint density at radius 3 is 2.71 bits per heavy atom. The first-order valence-corrected chi connectivity index (χ1v) is 6.85. The van der Waals surface area contributed by atoms with Gasteiger partial charge in [-0.05, 0) is 50.6 Å². The lowest BCUT2D eigenvalue weighted by atomic mass is 9.66. The van der Waals surface area contributed by atoms with Crippen LogP contribution in [0.25, 0.3) is 0 Å². The molecule has 1 aliphatic carbocycles. The molecule has 17 heavy (non-hydrogen) atoms. The molecule has 0 aliphatic heterocycles. The normalized spacial score (nSPS) is 18.1. The van der Waals surface area contributed by atoms with E-state index in [0.29, 0.717) is 5.41 Å². The van der Waals surface area contributed by atoms with E-state index < -0.39 is 0 Å². The van der Waals surface area contributed by atoms with Crippen molar-refractivity contribution in [2.45, 2.75) is 46.0 Å². The number of rotatable bonds is 6. The number of aromatic nitrogens is 2. The Labute approximate surface area is 105 Å². The average Bonchev–Trinajstić information content (AvgIpc) is 2.54. The largest absolute Gasteiger partial charge is 0.316 e. The van der Waals surface area contributed by atoms with E-state index in [0.717, 1.165) is 12.2 Å². The van der Waals surface area contributed by atoms with E-state index in [2.05, 4.69) is 42.1 Å². The minimum absolute atomic E-state index is 0.509. The molecular weight excluding hydrogens is 210 g/mol. The Balaban J connectivity index is 1.97. The third-order valence-electron chi connectivity index (χ3n) is 4.00. The number of aryl methyl sites for hydroxylation is 2. The van der Waals surface area contributed by atoms with Crippen molar-refractivity contribution < 1.29 is 0 Å². The summed E-state index contributed by atoms with van der Waals surface area (Å²) in [4.78, 5) is 0. The maximum absolute atomic E-state index is 4.45. The SMILES string of the molecule is CCCNCC1(Cc2cc(C)nn2C)CCC1. The molecule has 0 unspecified atom stereocenters. The smallest absolute Gasteiger partial charge is 0.0596 e. The van der Waals surface area contributed by atoms with Crippen LogP contribution < -0.4 is 5.32 Å². The van der Waals surface area contributed by atoms with Crippen LogP contribution in [0, 0.1) is 12.3 Å². The summed E-state index contributed by atoms with van der Waals surface area (Å²) in [7, 11) is 2.06. The van der Waals surface area contributed by atoms with Crippen molar-refractivity contribution in [1.82, 2.24) is 15.1 Å². The summed E-state index contributed by atoms with van der Waals surface area (Å²) >= 11 is 0. The lowest BCUT2D eigenvalue weighted by Gasteiger charge is -2.42. The summed E-state index contributed by atoms with van der Waals surface area (Å²) in [5, 5.41) is 8.04. The van der Waals surface area contributed by atoms with E-state index in [1.165, 1.54) is 44.3 Å². The molecule has 0 spiro atoms. The quantitative estimate of drug-likeness (QED) is 0.768. The van der Waals surface area contributed by atoms with Crippen LogP contribution in [0.15, 0.2) is 6.07 Å². The van der Waals surface area contributed by atoms with Gasteiger partial charge in [0.25, 0.3) is 0 Å². The maximum atomic E-state index is 4.45. The number of hydrogen-bond acceptors (Lipinski definition) is 2. The fourth-order valence-corrected chi connectivity index (χ4v) is 2.84. The molecule has 0 radical (unpaired) electrons. The molecule has 1 saturated carbocycles. The van der Waals surface area contributed by atoms with Crippen LogP contribution >= 0.6 is 0 Å². The zero-order chi connectivity index (χ0) is 12.3. The lowest BCUT2D eigenvalue weighted by Crippen LogP contribution is -2.42. The second-order valence-electron chi connectivity index (χ2n) is 5.61. The molecule has 0 bridgehead atoms. The highest BCUT2D eigenvalue weighted by molar-refractivity contribution is 5.12. The Kier molecular flexibility index (Phi) is 3.87. The summed E-state index contributed by atoms with van der Waals surface area (Å²) in [6.45, 7) is 6.62. The minimum Gasteiger partial charge on any atom is -0.316 e. The summed E-state index contributed by atoms with van der Waals surface area (Å²) in [6, 6.07) is 2.24. The Morgan fingerprint density at radius 2 is 2.24 bits per heavy atom. The van der Waals surface area contributed by atoms with Gasteiger partial charge in [0.2, 0.25) is 0 Å². The number of hydrogen-bond donors (Lipinski definition) is 1. The molecule has 1 aliphatic rings. The first-order chi connectivity index (χ1) is 8.15. The average molecular weight is 235 g/mol. The van der Waals surface area contributed by atoms with Gasteiger partial charge in [0.1, 0.15) is 0 Å². The molecule has 0 amide bonds. The third-order valence-corrected chi connectivity index (χ3v) is 4.00. The molecule has 0 saturated heterocycles. The molecular formula is C14H25N3. The highest BCUT2D eigenvalue weighted by atomic mass is 15.3. The first-order valence-electron chi connectivity index (χ1n) is 6.85. The van der Waals surface area contributed by atoms with E-state index in [9.17, 15) is 0 Å². The second kappa shape index (κ2) is 5.21. The van der Waals surface area contributed by atoms with Crippen molar-refractivity contribution >= 4 is 0 Å². The van der Waals surface area contributed by atoms with Gasteiger partial charge < -0.3 is 5.32 Å². The molecule has 96 valence electrons. The van der Waals surface area contributed by atoms with Crippen LogP contribution in [-0.2, 0) is 13.5 Å². The van der Waals surface area contributed by atoms with Gasteiger partial charge in [0.15, 0.2) is 0 Å². The Morgan fingerprint density at radius 1 is 1.47 bits per heavy atom. The van der Waals surface area contributed by atoms with Crippen LogP contribution in [0.3, 0.4) is 0 Å². The summed E-state index contributed by atoms with van der Waals surface area (Å²) < 4.78 is 2.05. The van der Waals surface area contributed by atoms with Gasteiger partial charge in [-0.2, -0.15) is 5.10 Å². The van der Waals surface area contributed by atoms with E-state index in [4.69, 9.17) is 0 Å². The predicted octanol–water partition coefficient (Wildman–Crippen LogP) is 2.44. The van der Waals surface area contributed by atoms with Gasteiger partial charge in [-0.1, -0.05) is 13.3 Å². The van der Waals surface area contributed by atoms with Gasteiger partial charge in [-0.15, -0.1) is 0 Å². The van der Waals surface area contributed by atoms with Crippen molar-refractivity contribution in [2.24, 2.45) is 12.5 Å². The summed E-state index contributed by atoms with van der Waals surface area (Å²) in [5.41, 5.74) is 3.04. The van der Waals surface area contributed by atoms with Crippen LogP contribution in [0.1, 0.15) is 44.0 Å². The van der Waals surface area contributed by atoms with Gasteiger partial charge >= 0.3 is 0 Å². The van der Waals surface area contributed by atoms with Crippen molar-refractivity contribution in [3.8, 4) is 0 Å². The van der Waals surface area contributed by atoms with Crippen LogP contribution in [0.2, 0.25) is 0 Å². The van der Waals surface area contributed by atoms with Gasteiger partial charge in [-0.3, -0.25) is 4.68 Å². The standard InChI is InChI=1S/C14H25N3/c1-4-8-15-11-14(6-5-7-14)10-13-9-12(2)16-17(13)3/h9,15H,4-8,10-11H2,1-3H3. The lowest BCUT2D eigenvalue weighted by molar-refractivity contribution is 0.127. The van der Waals surface area contributed by atoms with Crippen LogP contribution in [-0.4, -0.2) is 22.9 Å². The predicted molar refractivity (Wildman–Crippen MR) is 71.1 cm³/mol. The highest BCUT2D eigenvalue weighted by Crippen LogP contribution is 2.43. The molecule has 3 heteroatoms.